The van der Waals surface area contributed by atoms with E-state index in [9.17, 15) is 9.90 Å². The number of carboxylic acid groups (broad SMARTS) is 1. The molecule has 1 aliphatic rings. The van der Waals surface area contributed by atoms with Gasteiger partial charge < -0.3 is 9.52 Å². The smallest absolute Gasteiger partial charge is 0.320 e. The molecule has 0 spiro atoms. The summed E-state index contributed by atoms with van der Waals surface area (Å²) < 4.78 is 5.79. The Morgan fingerprint density at radius 2 is 2.14 bits per heavy atom. The molecule has 1 N–H and O–H groups in total. The fourth-order valence-electron chi connectivity index (χ4n) is 3.26. The number of aryl methyl sites for hydroxylation is 1. The summed E-state index contributed by atoms with van der Waals surface area (Å²) in [6, 6.07) is 7.59. The highest BCUT2D eigenvalue weighted by Crippen LogP contribution is 2.28. The number of rotatable bonds is 3. The Kier molecular flexibility index (Phi) is 3.97. The van der Waals surface area contributed by atoms with Gasteiger partial charge in [0.25, 0.3) is 0 Å². The molecule has 4 heteroatoms. The molecule has 0 aliphatic carbocycles. The van der Waals surface area contributed by atoms with Gasteiger partial charge in [0.2, 0.25) is 0 Å². The molecule has 0 saturated carbocycles. The van der Waals surface area contributed by atoms with E-state index in [1.165, 1.54) is 0 Å². The van der Waals surface area contributed by atoms with Crippen molar-refractivity contribution in [2.45, 2.75) is 45.2 Å². The van der Waals surface area contributed by atoms with Crippen molar-refractivity contribution in [1.29, 1.82) is 0 Å². The average molecular weight is 287 g/mol. The van der Waals surface area contributed by atoms with Gasteiger partial charge in [-0.25, -0.2) is 0 Å². The normalized spacial score (nSPS) is 20.5. The number of aliphatic carboxylic acids is 1. The molecule has 0 bridgehead atoms. The Bertz CT molecular complexity index is 647. The van der Waals surface area contributed by atoms with Crippen LogP contribution in [-0.4, -0.2) is 28.6 Å². The zero-order valence-electron chi connectivity index (χ0n) is 12.3. The summed E-state index contributed by atoms with van der Waals surface area (Å²) in [6.45, 7) is 3.46. The van der Waals surface area contributed by atoms with Gasteiger partial charge in [0.15, 0.2) is 0 Å². The van der Waals surface area contributed by atoms with Crippen molar-refractivity contribution in [3.05, 3.63) is 35.6 Å². The molecule has 112 valence electrons. The van der Waals surface area contributed by atoms with Crippen LogP contribution in [-0.2, 0) is 11.3 Å². The van der Waals surface area contributed by atoms with Crippen molar-refractivity contribution in [3.8, 4) is 0 Å². The van der Waals surface area contributed by atoms with Gasteiger partial charge in [-0.3, -0.25) is 9.69 Å². The second-order valence-corrected chi connectivity index (χ2v) is 5.81. The molecule has 0 radical (unpaired) electrons. The molecule has 0 amide bonds. The molecule has 1 unspecified atom stereocenters. The Hall–Kier alpha value is -1.81. The molecule has 1 aliphatic heterocycles. The highest BCUT2D eigenvalue weighted by atomic mass is 16.4. The summed E-state index contributed by atoms with van der Waals surface area (Å²) in [6.07, 6.45) is 3.92. The quantitative estimate of drug-likeness (QED) is 0.937. The number of para-hydroxylation sites is 1. The van der Waals surface area contributed by atoms with E-state index in [1.54, 1.807) is 0 Å². The lowest BCUT2D eigenvalue weighted by molar-refractivity contribution is -0.143. The minimum atomic E-state index is -0.706. The number of hydrogen-bond acceptors (Lipinski definition) is 3. The highest BCUT2D eigenvalue weighted by molar-refractivity contribution is 5.82. The van der Waals surface area contributed by atoms with Crippen LogP contribution in [0.5, 0.6) is 0 Å². The number of fused-ring (bicyclic) bond motifs is 1. The third kappa shape index (κ3) is 2.81. The van der Waals surface area contributed by atoms with Crippen LogP contribution < -0.4 is 0 Å². The van der Waals surface area contributed by atoms with Crippen LogP contribution in [0.15, 0.2) is 28.7 Å². The Balaban J connectivity index is 1.92. The second kappa shape index (κ2) is 5.90. The van der Waals surface area contributed by atoms with Gasteiger partial charge in [-0.05, 0) is 32.4 Å². The molecular weight excluding hydrogens is 266 g/mol. The van der Waals surface area contributed by atoms with Crippen LogP contribution >= 0.6 is 0 Å². The van der Waals surface area contributed by atoms with Crippen LogP contribution in [0.2, 0.25) is 0 Å². The van der Waals surface area contributed by atoms with E-state index in [-0.39, 0.29) is 6.04 Å². The SMILES string of the molecule is Cc1oc2ccccc2c1CN1CCCCCC1C(=O)O. The molecule has 4 nitrogen and oxygen atoms in total. The van der Waals surface area contributed by atoms with Crippen molar-refractivity contribution in [2.75, 3.05) is 6.54 Å². The van der Waals surface area contributed by atoms with Crippen molar-refractivity contribution in [2.24, 2.45) is 0 Å². The highest BCUT2D eigenvalue weighted by Gasteiger charge is 2.28. The minimum Gasteiger partial charge on any atom is -0.480 e. The standard InChI is InChI=1S/C17H21NO3/c1-12-14(13-7-4-5-9-16(13)21-12)11-18-10-6-2-3-8-15(18)17(19)20/h4-5,7,9,15H,2-3,6,8,10-11H2,1H3,(H,19,20). The summed E-state index contributed by atoms with van der Waals surface area (Å²) in [4.78, 5) is 13.6. The molecule has 1 aromatic carbocycles. The maximum absolute atomic E-state index is 11.5. The predicted octanol–water partition coefficient (Wildman–Crippen LogP) is 3.57. The zero-order chi connectivity index (χ0) is 14.8. The average Bonchev–Trinajstić information content (AvgIpc) is 2.64. The second-order valence-electron chi connectivity index (χ2n) is 5.81. The first-order valence-corrected chi connectivity index (χ1v) is 7.60. The monoisotopic (exact) mass is 287 g/mol. The maximum Gasteiger partial charge on any atom is 0.320 e. The maximum atomic E-state index is 11.5. The van der Waals surface area contributed by atoms with E-state index in [4.69, 9.17) is 4.42 Å². The molecule has 1 fully saturated rings. The molecule has 1 saturated heterocycles. The van der Waals surface area contributed by atoms with Gasteiger partial charge >= 0.3 is 5.97 Å². The van der Waals surface area contributed by atoms with Gasteiger partial charge in [-0.1, -0.05) is 31.0 Å². The number of likely N-dealkylation sites (tertiary alicyclic amines) is 1. The van der Waals surface area contributed by atoms with Crippen LogP contribution in [0, 0.1) is 6.92 Å². The largest absolute Gasteiger partial charge is 0.480 e. The number of carboxylic acids is 1. The van der Waals surface area contributed by atoms with E-state index in [0.29, 0.717) is 6.54 Å². The lowest BCUT2D eigenvalue weighted by Gasteiger charge is -2.26. The summed E-state index contributed by atoms with van der Waals surface area (Å²) in [5.74, 6) is 0.187. The van der Waals surface area contributed by atoms with Gasteiger partial charge in [-0.15, -0.1) is 0 Å². The Morgan fingerprint density at radius 3 is 2.95 bits per heavy atom. The lowest BCUT2D eigenvalue weighted by atomic mass is 10.1. The summed E-state index contributed by atoms with van der Waals surface area (Å²) >= 11 is 0. The topological polar surface area (TPSA) is 53.7 Å². The van der Waals surface area contributed by atoms with Crippen molar-refractivity contribution in [1.82, 2.24) is 4.90 Å². The van der Waals surface area contributed by atoms with Gasteiger partial charge in [0.1, 0.15) is 17.4 Å². The van der Waals surface area contributed by atoms with E-state index in [1.807, 2.05) is 25.1 Å². The van der Waals surface area contributed by atoms with Gasteiger partial charge in [0.05, 0.1) is 0 Å². The first kappa shape index (κ1) is 14.1. The van der Waals surface area contributed by atoms with E-state index in [2.05, 4.69) is 11.0 Å². The molecule has 21 heavy (non-hydrogen) atoms. The van der Waals surface area contributed by atoms with Gasteiger partial charge in [0, 0.05) is 17.5 Å². The fourth-order valence-corrected chi connectivity index (χ4v) is 3.26. The minimum absolute atomic E-state index is 0.374. The third-order valence-electron chi connectivity index (χ3n) is 4.41. The number of furan rings is 1. The van der Waals surface area contributed by atoms with Crippen molar-refractivity contribution >= 4 is 16.9 Å². The van der Waals surface area contributed by atoms with E-state index < -0.39 is 5.97 Å². The van der Waals surface area contributed by atoms with Crippen molar-refractivity contribution < 1.29 is 14.3 Å². The van der Waals surface area contributed by atoms with Crippen LogP contribution in [0.3, 0.4) is 0 Å². The van der Waals surface area contributed by atoms with Crippen LogP contribution in [0.25, 0.3) is 11.0 Å². The zero-order valence-corrected chi connectivity index (χ0v) is 12.3. The third-order valence-corrected chi connectivity index (χ3v) is 4.41. The van der Waals surface area contributed by atoms with Crippen LogP contribution in [0.1, 0.15) is 37.0 Å². The molecular formula is C17H21NO3. The van der Waals surface area contributed by atoms with Crippen molar-refractivity contribution in [3.63, 3.8) is 0 Å². The van der Waals surface area contributed by atoms with Crippen LogP contribution in [0.4, 0.5) is 0 Å². The predicted molar refractivity (Wildman–Crippen MR) is 81.3 cm³/mol. The Labute approximate surface area is 124 Å². The molecule has 1 atom stereocenters. The molecule has 2 heterocycles. The first-order chi connectivity index (χ1) is 10.2. The number of hydrogen-bond donors (Lipinski definition) is 1. The summed E-state index contributed by atoms with van der Waals surface area (Å²) in [5.41, 5.74) is 2.01. The number of nitrogens with zero attached hydrogens (tertiary/aromatic N) is 1. The summed E-state index contributed by atoms with van der Waals surface area (Å²) in [5, 5.41) is 10.6. The van der Waals surface area contributed by atoms with Gasteiger partial charge in [-0.2, -0.15) is 0 Å². The number of carbonyl (C=O) groups is 1. The number of benzene rings is 1. The molecule has 3 rings (SSSR count). The summed E-state index contributed by atoms with van der Waals surface area (Å²) in [7, 11) is 0. The fraction of sp³-hybridized carbons (Fsp3) is 0.471. The van der Waals surface area contributed by atoms with E-state index >= 15 is 0 Å². The lowest BCUT2D eigenvalue weighted by Crippen LogP contribution is -2.40. The molecule has 2 aromatic rings. The Morgan fingerprint density at radius 1 is 1.33 bits per heavy atom. The van der Waals surface area contributed by atoms with E-state index in [0.717, 1.165) is 54.5 Å². The molecule has 1 aromatic heterocycles. The first-order valence-electron chi connectivity index (χ1n) is 7.60.